The normalized spacial score (nSPS) is 19.0. The predicted molar refractivity (Wildman–Crippen MR) is 121 cm³/mol. The number of halogens is 1. The highest BCUT2D eigenvalue weighted by atomic mass is 35.5. The van der Waals surface area contributed by atoms with Crippen LogP contribution >= 0.6 is 11.6 Å². The van der Waals surface area contributed by atoms with Crippen LogP contribution in [0.15, 0.2) is 84.7 Å². The molecule has 4 aromatic rings. The summed E-state index contributed by atoms with van der Waals surface area (Å²) in [7, 11) is 0. The molecular formula is C25H19ClN4O. The Morgan fingerprint density at radius 1 is 0.968 bits per heavy atom. The van der Waals surface area contributed by atoms with Crippen LogP contribution in [0.5, 0.6) is 5.75 Å². The van der Waals surface area contributed by atoms with E-state index in [9.17, 15) is 0 Å². The van der Waals surface area contributed by atoms with Crippen LogP contribution in [-0.4, -0.2) is 14.8 Å². The van der Waals surface area contributed by atoms with Gasteiger partial charge in [-0.2, -0.15) is 10.1 Å². The molecule has 1 N–H and O–H groups in total. The van der Waals surface area contributed by atoms with Crippen molar-refractivity contribution in [1.82, 2.24) is 14.8 Å². The van der Waals surface area contributed by atoms with Crippen LogP contribution in [0.25, 0.3) is 5.70 Å². The zero-order valence-corrected chi connectivity index (χ0v) is 17.5. The van der Waals surface area contributed by atoms with Crippen LogP contribution in [-0.2, 0) is 0 Å². The third-order valence-corrected chi connectivity index (χ3v) is 6.11. The lowest BCUT2D eigenvalue weighted by Gasteiger charge is -2.39. The number of aromatic nitrogens is 3. The van der Waals surface area contributed by atoms with Crippen LogP contribution in [0.2, 0.25) is 5.02 Å². The standard InChI is InChI=1S/C25H19ClN4O/c1-15-7-12-20-19(13-15)22-21(24(31-20)17-8-10-18(26)11-9-17)23(16-5-3-2-4-6-16)30-25(29-22)27-14-28-30/h2-14,23-24H,1H3,(H,27,28,29)/t23-,24-/m1/s1. The summed E-state index contributed by atoms with van der Waals surface area (Å²) in [5.74, 6) is 1.56. The van der Waals surface area contributed by atoms with Gasteiger partial charge in [-0.1, -0.05) is 65.7 Å². The smallest absolute Gasteiger partial charge is 0.226 e. The first kappa shape index (κ1) is 18.2. The van der Waals surface area contributed by atoms with Crippen molar-refractivity contribution in [2.75, 3.05) is 5.32 Å². The fourth-order valence-corrected chi connectivity index (χ4v) is 4.58. The van der Waals surface area contributed by atoms with Crippen molar-refractivity contribution in [3.8, 4) is 5.75 Å². The summed E-state index contributed by atoms with van der Waals surface area (Å²) in [6.45, 7) is 2.09. The van der Waals surface area contributed by atoms with Crippen LogP contribution in [0.1, 0.15) is 34.4 Å². The van der Waals surface area contributed by atoms with E-state index in [1.807, 2.05) is 53.2 Å². The Kier molecular flexibility index (Phi) is 4.11. The third-order valence-electron chi connectivity index (χ3n) is 5.86. The number of hydrogen-bond donors (Lipinski definition) is 1. The number of aryl methyl sites for hydroxylation is 1. The van der Waals surface area contributed by atoms with Gasteiger partial charge in [0.2, 0.25) is 5.95 Å². The highest BCUT2D eigenvalue weighted by Gasteiger charge is 2.40. The van der Waals surface area contributed by atoms with Crippen molar-refractivity contribution >= 4 is 23.2 Å². The molecule has 6 rings (SSSR count). The molecule has 0 amide bonds. The van der Waals surface area contributed by atoms with Crippen molar-refractivity contribution in [1.29, 1.82) is 0 Å². The van der Waals surface area contributed by atoms with Gasteiger partial charge in [0, 0.05) is 16.2 Å². The molecule has 0 saturated carbocycles. The topological polar surface area (TPSA) is 52.0 Å². The summed E-state index contributed by atoms with van der Waals surface area (Å²) in [5, 5.41) is 8.79. The lowest BCUT2D eigenvalue weighted by atomic mass is 9.84. The number of hydrogen-bond acceptors (Lipinski definition) is 4. The van der Waals surface area contributed by atoms with E-state index < -0.39 is 0 Å². The van der Waals surface area contributed by atoms with Crippen molar-refractivity contribution in [2.45, 2.75) is 19.1 Å². The Morgan fingerprint density at radius 2 is 1.77 bits per heavy atom. The molecule has 0 spiro atoms. The minimum atomic E-state index is -0.294. The number of nitrogens with zero attached hydrogens (tertiary/aromatic N) is 3. The SMILES string of the molecule is Cc1ccc2c(c1)C1=C([C@@H](c3ccc(Cl)cc3)O2)[C@@H](c2ccccc2)n2ncnc2N1. The molecule has 31 heavy (non-hydrogen) atoms. The maximum Gasteiger partial charge on any atom is 0.226 e. The van der Waals surface area contributed by atoms with Crippen molar-refractivity contribution in [3.63, 3.8) is 0 Å². The number of anilines is 1. The molecule has 2 aliphatic rings. The number of benzene rings is 3. The van der Waals surface area contributed by atoms with Crippen LogP contribution in [0.4, 0.5) is 5.95 Å². The largest absolute Gasteiger partial charge is 0.480 e. The van der Waals surface area contributed by atoms with E-state index in [0.717, 1.165) is 39.7 Å². The monoisotopic (exact) mass is 426 g/mol. The van der Waals surface area contributed by atoms with E-state index in [1.54, 1.807) is 6.33 Å². The molecule has 0 fully saturated rings. The highest BCUT2D eigenvalue weighted by Crippen LogP contribution is 2.50. The average molecular weight is 427 g/mol. The van der Waals surface area contributed by atoms with Gasteiger partial charge in [0.1, 0.15) is 24.2 Å². The first-order chi connectivity index (χ1) is 15.2. The molecule has 6 heteroatoms. The fourth-order valence-electron chi connectivity index (χ4n) is 4.45. The van der Waals surface area contributed by atoms with E-state index in [2.05, 4.69) is 46.6 Å². The Bertz CT molecular complexity index is 1310. The van der Waals surface area contributed by atoms with Gasteiger partial charge < -0.3 is 10.1 Å². The average Bonchev–Trinajstić information content (AvgIpc) is 3.27. The lowest BCUT2D eigenvalue weighted by molar-refractivity contribution is 0.223. The molecule has 2 aliphatic heterocycles. The van der Waals surface area contributed by atoms with E-state index >= 15 is 0 Å². The minimum Gasteiger partial charge on any atom is -0.480 e. The molecule has 3 heterocycles. The second kappa shape index (κ2) is 7.00. The van der Waals surface area contributed by atoms with Gasteiger partial charge in [-0.15, -0.1) is 0 Å². The summed E-state index contributed by atoms with van der Waals surface area (Å²) < 4.78 is 8.55. The Hall–Kier alpha value is -3.57. The van der Waals surface area contributed by atoms with Crippen LogP contribution < -0.4 is 10.1 Å². The summed E-state index contributed by atoms with van der Waals surface area (Å²) in [4.78, 5) is 4.48. The second-order valence-corrected chi connectivity index (χ2v) is 8.28. The molecule has 1 aromatic heterocycles. The third kappa shape index (κ3) is 2.93. The molecule has 0 radical (unpaired) electrons. The van der Waals surface area contributed by atoms with E-state index in [1.165, 1.54) is 5.56 Å². The molecule has 2 atom stereocenters. The number of fused-ring (bicyclic) bond motifs is 3. The fraction of sp³-hybridized carbons (Fsp3) is 0.120. The Labute approximate surface area is 185 Å². The highest BCUT2D eigenvalue weighted by molar-refractivity contribution is 6.30. The van der Waals surface area contributed by atoms with Crippen molar-refractivity contribution in [3.05, 3.63) is 112 Å². The van der Waals surface area contributed by atoms with Gasteiger partial charge in [-0.25, -0.2) is 4.68 Å². The molecule has 0 saturated heterocycles. The summed E-state index contributed by atoms with van der Waals surface area (Å²) in [5.41, 5.74) is 6.50. The minimum absolute atomic E-state index is 0.149. The maximum absolute atomic E-state index is 6.62. The molecule has 3 aromatic carbocycles. The van der Waals surface area contributed by atoms with Gasteiger partial charge in [0.05, 0.1) is 5.70 Å². The molecular weight excluding hydrogens is 408 g/mol. The van der Waals surface area contributed by atoms with E-state index in [-0.39, 0.29) is 12.1 Å². The summed E-state index contributed by atoms with van der Waals surface area (Å²) in [6, 6.07) is 24.3. The summed E-state index contributed by atoms with van der Waals surface area (Å²) in [6.07, 6.45) is 1.30. The van der Waals surface area contributed by atoms with Gasteiger partial charge >= 0.3 is 0 Å². The van der Waals surface area contributed by atoms with E-state index in [0.29, 0.717) is 5.02 Å². The first-order valence-electron chi connectivity index (χ1n) is 10.2. The second-order valence-electron chi connectivity index (χ2n) is 7.85. The van der Waals surface area contributed by atoms with Gasteiger partial charge in [-0.05, 0) is 42.3 Å². The van der Waals surface area contributed by atoms with Crippen LogP contribution in [0, 0.1) is 6.92 Å². The molecule has 0 aliphatic carbocycles. The lowest BCUT2D eigenvalue weighted by Crippen LogP contribution is -2.32. The predicted octanol–water partition coefficient (Wildman–Crippen LogP) is 5.80. The molecule has 0 bridgehead atoms. The van der Waals surface area contributed by atoms with Gasteiger partial charge in [0.15, 0.2) is 0 Å². The number of nitrogens with one attached hydrogen (secondary N) is 1. The van der Waals surface area contributed by atoms with Crippen molar-refractivity contribution < 1.29 is 4.74 Å². The molecule has 152 valence electrons. The number of rotatable bonds is 2. The number of ether oxygens (including phenoxy) is 1. The quantitative estimate of drug-likeness (QED) is 0.440. The van der Waals surface area contributed by atoms with Crippen LogP contribution in [0.3, 0.4) is 0 Å². The van der Waals surface area contributed by atoms with E-state index in [4.69, 9.17) is 16.3 Å². The first-order valence-corrected chi connectivity index (χ1v) is 10.6. The molecule has 0 unspecified atom stereocenters. The molecule has 5 nitrogen and oxygen atoms in total. The zero-order chi connectivity index (χ0) is 20.9. The Balaban J connectivity index is 1.64. The van der Waals surface area contributed by atoms with Crippen molar-refractivity contribution in [2.24, 2.45) is 0 Å². The zero-order valence-electron chi connectivity index (χ0n) is 16.8. The Morgan fingerprint density at radius 3 is 2.58 bits per heavy atom. The van der Waals surface area contributed by atoms with Gasteiger partial charge in [-0.3, -0.25) is 0 Å². The maximum atomic E-state index is 6.62. The van der Waals surface area contributed by atoms with Gasteiger partial charge in [0.25, 0.3) is 0 Å². The summed E-state index contributed by atoms with van der Waals surface area (Å²) >= 11 is 6.18.